The number of carbonyl (C=O) groups is 1. The fourth-order valence-corrected chi connectivity index (χ4v) is 6.05. The van der Waals surface area contributed by atoms with Crippen molar-refractivity contribution in [3.8, 4) is 0 Å². The smallest absolute Gasteiger partial charge is 0.225 e. The van der Waals surface area contributed by atoms with Gasteiger partial charge in [0.25, 0.3) is 0 Å². The highest BCUT2D eigenvalue weighted by molar-refractivity contribution is 7.17. The molecule has 1 amide bonds. The van der Waals surface area contributed by atoms with Crippen LogP contribution in [0.25, 0.3) is 10.2 Å². The van der Waals surface area contributed by atoms with Crippen molar-refractivity contribution in [1.82, 2.24) is 14.9 Å². The summed E-state index contributed by atoms with van der Waals surface area (Å²) in [7, 11) is 0. The van der Waals surface area contributed by atoms with Gasteiger partial charge in [-0.15, -0.1) is 11.3 Å². The molecule has 5 rings (SSSR count). The third-order valence-corrected chi connectivity index (χ3v) is 7.67. The van der Waals surface area contributed by atoms with Crippen LogP contribution in [-0.2, 0) is 4.79 Å². The SMILES string of the molecule is O=C(C1CC(O)C1)N1CCC[C@@]2(CCCN2c2ncnc3ccsc23)CC1. The summed E-state index contributed by atoms with van der Waals surface area (Å²) in [5, 5.41) is 11.6. The highest BCUT2D eigenvalue weighted by atomic mass is 32.1. The van der Waals surface area contributed by atoms with E-state index in [0.29, 0.717) is 12.8 Å². The van der Waals surface area contributed by atoms with Crippen molar-refractivity contribution in [3.63, 3.8) is 0 Å². The van der Waals surface area contributed by atoms with Gasteiger partial charge in [0.2, 0.25) is 5.91 Å². The fraction of sp³-hybridized carbons (Fsp3) is 0.650. The zero-order valence-electron chi connectivity index (χ0n) is 15.5. The monoisotopic (exact) mass is 386 g/mol. The maximum atomic E-state index is 12.8. The summed E-state index contributed by atoms with van der Waals surface area (Å²) >= 11 is 1.72. The predicted octanol–water partition coefficient (Wildman–Crippen LogP) is 2.81. The molecule has 4 heterocycles. The lowest BCUT2D eigenvalue weighted by atomic mass is 9.81. The van der Waals surface area contributed by atoms with Crippen LogP contribution in [0.3, 0.4) is 0 Å². The van der Waals surface area contributed by atoms with E-state index in [9.17, 15) is 9.90 Å². The Hall–Kier alpha value is -1.73. The number of hydrogen-bond acceptors (Lipinski definition) is 6. The first kappa shape index (κ1) is 17.4. The van der Waals surface area contributed by atoms with Gasteiger partial charge in [-0.25, -0.2) is 9.97 Å². The number of hydrogen-bond donors (Lipinski definition) is 1. The molecule has 2 saturated heterocycles. The highest BCUT2D eigenvalue weighted by Crippen LogP contribution is 2.43. The molecule has 0 bridgehead atoms. The van der Waals surface area contributed by atoms with E-state index in [4.69, 9.17) is 0 Å². The van der Waals surface area contributed by atoms with E-state index in [2.05, 4.69) is 31.2 Å². The van der Waals surface area contributed by atoms with Gasteiger partial charge in [0.1, 0.15) is 12.1 Å². The van der Waals surface area contributed by atoms with Gasteiger partial charge in [0.15, 0.2) is 0 Å². The Morgan fingerprint density at radius 2 is 1.96 bits per heavy atom. The first-order valence-corrected chi connectivity index (χ1v) is 11.0. The molecule has 2 aliphatic heterocycles. The molecule has 1 N–H and O–H groups in total. The van der Waals surface area contributed by atoms with Gasteiger partial charge < -0.3 is 14.9 Å². The van der Waals surface area contributed by atoms with E-state index in [-0.39, 0.29) is 23.5 Å². The molecule has 3 fully saturated rings. The summed E-state index contributed by atoms with van der Waals surface area (Å²) < 4.78 is 1.18. The summed E-state index contributed by atoms with van der Waals surface area (Å²) in [6.07, 6.45) is 8.21. The van der Waals surface area contributed by atoms with Crippen molar-refractivity contribution in [3.05, 3.63) is 17.8 Å². The summed E-state index contributed by atoms with van der Waals surface area (Å²) in [4.78, 5) is 26.4. The number of amides is 1. The minimum absolute atomic E-state index is 0.0429. The van der Waals surface area contributed by atoms with Crippen molar-refractivity contribution in [2.45, 2.75) is 56.6 Å². The van der Waals surface area contributed by atoms with Gasteiger partial charge in [-0.05, 0) is 56.4 Å². The molecule has 144 valence electrons. The minimum atomic E-state index is -0.270. The molecule has 3 aliphatic rings. The average Bonchev–Trinajstić information content (AvgIpc) is 3.22. The van der Waals surface area contributed by atoms with Gasteiger partial charge >= 0.3 is 0 Å². The Kier molecular flexibility index (Phi) is 4.31. The Morgan fingerprint density at radius 1 is 1.15 bits per heavy atom. The third-order valence-electron chi connectivity index (χ3n) is 6.77. The molecule has 27 heavy (non-hydrogen) atoms. The average molecular weight is 387 g/mol. The van der Waals surface area contributed by atoms with E-state index < -0.39 is 0 Å². The van der Waals surface area contributed by atoms with Crippen molar-refractivity contribution < 1.29 is 9.90 Å². The topological polar surface area (TPSA) is 69.6 Å². The maximum absolute atomic E-state index is 12.8. The normalized spacial score (nSPS) is 31.3. The van der Waals surface area contributed by atoms with Gasteiger partial charge in [0, 0.05) is 31.1 Å². The lowest BCUT2D eigenvalue weighted by Crippen LogP contribution is -2.47. The first-order chi connectivity index (χ1) is 13.2. The van der Waals surface area contributed by atoms with Crippen molar-refractivity contribution >= 4 is 33.3 Å². The molecule has 2 aromatic heterocycles. The van der Waals surface area contributed by atoms with E-state index >= 15 is 0 Å². The van der Waals surface area contributed by atoms with Gasteiger partial charge in [0.05, 0.1) is 16.3 Å². The van der Waals surface area contributed by atoms with E-state index in [1.165, 1.54) is 17.5 Å². The largest absolute Gasteiger partial charge is 0.393 e. The van der Waals surface area contributed by atoms with Crippen LogP contribution in [0.2, 0.25) is 0 Å². The van der Waals surface area contributed by atoms with Crippen molar-refractivity contribution in [2.75, 3.05) is 24.5 Å². The van der Waals surface area contributed by atoms with Crippen LogP contribution >= 0.6 is 11.3 Å². The lowest BCUT2D eigenvalue weighted by molar-refractivity contribution is -0.142. The van der Waals surface area contributed by atoms with Crippen LogP contribution in [-0.4, -0.2) is 57.2 Å². The number of aliphatic hydroxyl groups is 1. The molecule has 1 atom stereocenters. The summed E-state index contributed by atoms with van der Waals surface area (Å²) in [5.74, 6) is 1.38. The molecule has 2 aromatic rings. The fourth-order valence-electron chi connectivity index (χ4n) is 5.20. The highest BCUT2D eigenvalue weighted by Gasteiger charge is 2.44. The third kappa shape index (κ3) is 2.91. The van der Waals surface area contributed by atoms with Crippen LogP contribution in [0, 0.1) is 5.92 Å². The van der Waals surface area contributed by atoms with Crippen LogP contribution in [0.15, 0.2) is 17.8 Å². The molecule has 1 saturated carbocycles. The summed E-state index contributed by atoms with van der Waals surface area (Å²) in [6, 6.07) is 2.06. The molecule has 0 radical (unpaired) electrons. The number of likely N-dealkylation sites (tertiary alicyclic amines) is 1. The van der Waals surface area contributed by atoms with Crippen molar-refractivity contribution in [2.24, 2.45) is 5.92 Å². The number of carbonyl (C=O) groups excluding carboxylic acids is 1. The molecular formula is C20H26N4O2S. The van der Waals surface area contributed by atoms with Crippen LogP contribution in [0.5, 0.6) is 0 Å². The number of rotatable bonds is 2. The number of aromatic nitrogens is 2. The van der Waals surface area contributed by atoms with Gasteiger partial charge in [-0.2, -0.15) is 0 Å². The second kappa shape index (κ2) is 6.71. The standard InChI is InChI=1S/C20H26N4O2S/c25-15-11-14(12-15)19(26)23-7-1-4-20(6-9-23)5-2-8-24(20)18-17-16(3-10-27-17)21-13-22-18/h3,10,13-15,25H,1-2,4-9,11-12H2/t14?,15?,20-/m1/s1. The Morgan fingerprint density at radius 3 is 2.78 bits per heavy atom. The predicted molar refractivity (Wildman–Crippen MR) is 106 cm³/mol. The molecule has 0 aromatic carbocycles. The molecule has 7 heteroatoms. The first-order valence-electron chi connectivity index (χ1n) is 10.1. The maximum Gasteiger partial charge on any atom is 0.225 e. The van der Waals surface area contributed by atoms with Crippen LogP contribution < -0.4 is 4.90 Å². The summed E-state index contributed by atoms with van der Waals surface area (Å²) in [5.41, 5.74) is 1.14. The number of aliphatic hydroxyl groups excluding tert-OH is 1. The molecule has 6 nitrogen and oxygen atoms in total. The van der Waals surface area contributed by atoms with Gasteiger partial charge in [-0.3, -0.25) is 4.79 Å². The van der Waals surface area contributed by atoms with Gasteiger partial charge in [-0.1, -0.05) is 0 Å². The number of thiophene rings is 1. The second-order valence-corrected chi connectivity index (χ2v) is 9.23. The summed E-state index contributed by atoms with van der Waals surface area (Å²) in [6.45, 7) is 2.70. The second-order valence-electron chi connectivity index (χ2n) is 8.31. The van der Waals surface area contributed by atoms with E-state index in [1.54, 1.807) is 17.7 Å². The Balaban J connectivity index is 1.37. The zero-order valence-corrected chi connectivity index (χ0v) is 16.3. The van der Waals surface area contributed by atoms with E-state index in [1.807, 2.05) is 0 Å². The zero-order chi connectivity index (χ0) is 18.4. The lowest BCUT2D eigenvalue weighted by Gasteiger charge is -2.39. The molecule has 1 spiro atoms. The quantitative estimate of drug-likeness (QED) is 0.859. The minimum Gasteiger partial charge on any atom is -0.393 e. The molecule has 0 unspecified atom stereocenters. The van der Waals surface area contributed by atoms with Crippen LogP contribution in [0.4, 0.5) is 5.82 Å². The molecular weight excluding hydrogens is 360 g/mol. The Bertz CT molecular complexity index is 849. The molecule has 1 aliphatic carbocycles. The van der Waals surface area contributed by atoms with E-state index in [0.717, 1.165) is 50.2 Å². The number of anilines is 1. The number of fused-ring (bicyclic) bond motifs is 1. The number of nitrogens with zero attached hydrogens (tertiary/aromatic N) is 4. The van der Waals surface area contributed by atoms with Crippen molar-refractivity contribution in [1.29, 1.82) is 0 Å². The Labute approximate surface area is 163 Å². The van der Waals surface area contributed by atoms with Crippen LogP contribution in [0.1, 0.15) is 44.9 Å².